The normalized spacial score (nSPS) is 11.1. The van der Waals surface area contributed by atoms with Gasteiger partial charge in [-0.25, -0.2) is 9.78 Å². The first-order chi connectivity index (χ1) is 20.5. The second kappa shape index (κ2) is 15.8. The van der Waals surface area contributed by atoms with Crippen LogP contribution in [-0.4, -0.2) is 66.2 Å². The average Bonchev–Trinajstić information content (AvgIpc) is 2.95. The molecule has 3 rings (SSSR count). The average molecular weight is 590 g/mol. The lowest BCUT2D eigenvalue weighted by Gasteiger charge is -2.27. The minimum absolute atomic E-state index is 0.0464. The molecular weight excluding hydrogens is 546 g/mol. The fourth-order valence-corrected chi connectivity index (χ4v) is 4.28. The van der Waals surface area contributed by atoms with Crippen LogP contribution in [0.4, 0.5) is 10.5 Å². The third kappa shape index (κ3) is 10.8. The van der Waals surface area contributed by atoms with Gasteiger partial charge in [-0.05, 0) is 56.9 Å². The Morgan fingerprint density at radius 1 is 0.977 bits per heavy atom. The Kier molecular flexibility index (Phi) is 12.2. The van der Waals surface area contributed by atoms with E-state index in [1.165, 1.54) is 4.90 Å². The predicted molar refractivity (Wildman–Crippen MR) is 168 cm³/mol. The summed E-state index contributed by atoms with van der Waals surface area (Å²) in [6.07, 6.45) is 1.84. The van der Waals surface area contributed by atoms with Crippen molar-refractivity contribution in [2.24, 2.45) is 5.73 Å². The number of nitrogens with one attached hydrogen (secondary N) is 2. The molecule has 1 aromatic heterocycles. The zero-order chi connectivity index (χ0) is 31.4. The Morgan fingerprint density at radius 3 is 2.42 bits per heavy atom. The molecule has 0 aliphatic rings. The quantitative estimate of drug-likeness (QED) is 0.246. The van der Waals surface area contributed by atoms with Crippen LogP contribution in [0, 0.1) is 6.92 Å². The summed E-state index contributed by atoms with van der Waals surface area (Å²) in [7, 11) is 0. The maximum atomic E-state index is 13.5. The molecule has 0 bridgehead atoms. The molecule has 4 N–H and O–H groups in total. The lowest BCUT2D eigenvalue weighted by Crippen LogP contribution is -2.41. The Balaban J connectivity index is 1.88. The summed E-state index contributed by atoms with van der Waals surface area (Å²) in [4.78, 5) is 45.4. The Hall–Kier alpha value is -4.28. The van der Waals surface area contributed by atoms with E-state index in [-0.39, 0.29) is 37.6 Å². The van der Waals surface area contributed by atoms with Gasteiger partial charge < -0.3 is 25.8 Å². The Labute approximate surface area is 254 Å². The van der Waals surface area contributed by atoms with E-state index in [1.807, 2.05) is 55.5 Å². The van der Waals surface area contributed by atoms with Crippen LogP contribution in [0.15, 0.2) is 60.8 Å². The largest absolute Gasteiger partial charge is 0.444 e. The number of carbonyl (C=O) groups excluding carboxylic acids is 3. The molecule has 0 unspecified atom stereocenters. The number of hydrogen-bond acceptors (Lipinski definition) is 7. The molecule has 0 atom stereocenters. The zero-order valence-corrected chi connectivity index (χ0v) is 25.7. The van der Waals surface area contributed by atoms with E-state index in [0.29, 0.717) is 13.2 Å². The van der Waals surface area contributed by atoms with Crippen LogP contribution in [0.5, 0.6) is 0 Å². The molecule has 43 heavy (non-hydrogen) atoms. The lowest BCUT2D eigenvalue weighted by molar-refractivity contribution is -0.117. The van der Waals surface area contributed by atoms with Crippen molar-refractivity contribution >= 4 is 23.6 Å². The summed E-state index contributed by atoms with van der Waals surface area (Å²) in [5, 5.41) is 5.60. The maximum absolute atomic E-state index is 13.5. The van der Waals surface area contributed by atoms with Crippen molar-refractivity contribution in [1.29, 1.82) is 0 Å². The highest BCUT2D eigenvalue weighted by Gasteiger charge is 2.25. The number of benzene rings is 2. The van der Waals surface area contributed by atoms with Crippen LogP contribution in [0.25, 0.3) is 11.1 Å². The fraction of sp³-hybridized carbons (Fsp3) is 0.394. The first kappa shape index (κ1) is 33.2. The number of nitrogens with zero attached hydrogens (tertiary/aromatic N) is 2. The van der Waals surface area contributed by atoms with Crippen molar-refractivity contribution < 1.29 is 23.9 Å². The van der Waals surface area contributed by atoms with Crippen LogP contribution in [0.3, 0.4) is 0 Å². The van der Waals surface area contributed by atoms with Crippen LogP contribution in [0.1, 0.15) is 54.9 Å². The SMILES string of the molecule is CCc1cccc(-c2cnc(C(=O)NCCOCCN)c(NC(=O)CN(Cc3cccc(C)c3)C(=O)OC(C)(C)C)c2)c1. The van der Waals surface area contributed by atoms with Crippen LogP contribution in [0.2, 0.25) is 0 Å². The van der Waals surface area contributed by atoms with E-state index in [2.05, 4.69) is 22.5 Å². The third-order valence-electron chi connectivity index (χ3n) is 6.28. The van der Waals surface area contributed by atoms with E-state index in [9.17, 15) is 14.4 Å². The minimum Gasteiger partial charge on any atom is -0.444 e. The molecule has 10 heteroatoms. The number of aryl methyl sites for hydroxylation is 2. The first-order valence-corrected chi connectivity index (χ1v) is 14.5. The number of aromatic nitrogens is 1. The molecule has 0 fully saturated rings. The van der Waals surface area contributed by atoms with Gasteiger partial charge in [0, 0.05) is 31.4 Å². The summed E-state index contributed by atoms with van der Waals surface area (Å²) in [6.45, 7) is 10.5. The van der Waals surface area contributed by atoms with E-state index in [0.717, 1.165) is 34.2 Å². The molecular formula is C33H43N5O5. The highest BCUT2D eigenvalue weighted by atomic mass is 16.6. The molecule has 0 spiro atoms. The highest BCUT2D eigenvalue weighted by molar-refractivity contribution is 6.03. The van der Waals surface area contributed by atoms with E-state index in [1.54, 1.807) is 33.0 Å². The molecule has 0 saturated heterocycles. The summed E-state index contributed by atoms with van der Waals surface area (Å²) in [6, 6.07) is 17.4. The number of pyridine rings is 1. The van der Waals surface area contributed by atoms with Gasteiger partial charge in [-0.15, -0.1) is 0 Å². The minimum atomic E-state index is -0.747. The summed E-state index contributed by atoms with van der Waals surface area (Å²) < 4.78 is 10.9. The van der Waals surface area contributed by atoms with Crippen molar-refractivity contribution in [3.8, 4) is 11.1 Å². The van der Waals surface area contributed by atoms with Crippen LogP contribution < -0.4 is 16.4 Å². The topological polar surface area (TPSA) is 136 Å². The number of rotatable bonds is 13. The molecule has 0 saturated carbocycles. The van der Waals surface area contributed by atoms with Gasteiger partial charge in [0.2, 0.25) is 5.91 Å². The molecule has 0 aliphatic carbocycles. The fourth-order valence-electron chi connectivity index (χ4n) is 4.28. The molecule has 3 aromatic rings. The van der Waals surface area contributed by atoms with Gasteiger partial charge in [0.15, 0.2) is 5.69 Å². The van der Waals surface area contributed by atoms with Gasteiger partial charge >= 0.3 is 6.09 Å². The predicted octanol–water partition coefficient (Wildman–Crippen LogP) is 4.70. The van der Waals surface area contributed by atoms with E-state index >= 15 is 0 Å². The number of hydrogen-bond donors (Lipinski definition) is 3. The van der Waals surface area contributed by atoms with Gasteiger partial charge in [0.05, 0.1) is 18.9 Å². The van der Waals surface area contributed by atoms with Crippen molar-refractivity contribution in [3.63, 3.8) is 0 Å². The van der Waals surface area contributed by atoms with Crippen LogP contribution in [-0.2, 0) is 27.2 Å². The second-order valence-corrected chi connectivity index (χ2v) is 11.2. The smallest absolute Gasteiger partial charge is 0.411 e. The van der Waals surface area contributed by atoms with Gasteiger partial charge in [-0.2, -0.15) is 0 Å². The maximum Gasteiger partial charge on any atom is 0.411 e. The summed E-state index contributed by atoms with van der Waals surface area (Å²) in [5.74, 6) is -0.968. The standard InChI is InChI=1S/C33H43N5O5/c1-6-24-10-8-12-26(18-24)27-19-28(30(36-20-27)31(40)35-14-16-42-15-13-34)37-29(39)22-38(32(41)43-33(3,4)5)21-25-11-7-9-23(2)17-25/h7-12,17-20H,6,13-16,21-22,34H2,1-5H3,(H,35,40)(H,37,39). The lowest BCUT2D eigenvalue weighted by atomic mass is 10.0. The Morgan fingerprint density at radius 2 is 1.72 bits per heavy atom. The summed E-state index contributed by atoms with van der Waals surface area (Å²) in [5.41, 5.74) is 9.64. The van der Waals surface area contributed by atoms with Gasteiger partial charge in [-0.1, -0.05) is 61.0 Å². The zero-order valence-electron chi connectivity index (χ0n) is 25.7. The molecule has 3 amide bonds. The molecule has 10 nitrogen and oxygen atoms in total. The van der Waals surface area contributed by atoms with E-state index in [4.69, 9.17) is 15.2 Å². The highest BCUT2D eigenvalue weighted by Crippen LogP contribution is 2.25. The van der Waals surface area contributed by atoms with Crippen LogP contribution >= 0.6 is 0 Å². The van der Waals surface area contributed by atoms with Crippen molar-refractivity contribution in [1.82, 2.24) is 15.2 Å². The Bertz CT molecular complexity index is 1400. The van der Waals surface area contributed by atoms with Crippen molar-refractivity contribution in [3.05, 3.63) is 83.2 Å². The first-order valence-electron chi connectivity index (χ1n) is 14.5. The summed E-state index contributed by atoms with van der Waals surface area (Å²) >= 11 is 0. The second-order valence-electron chi connectivity index (χ2n) is 11.2. The molecule has 0 radical (unpaired) electrons. The third-order valence-corrected chi connectivity index (χ3v) is 6.28. The number of amides is 3. The molecule has 1 heterocycles. The number of carbonyl (C=O) groups is 3. The monoisotopic (exact) mass is 589 g/mol. The molecule has 0 aliphatic heterocycles. The number of ether oxygens (including phenoxy) is 2. The molecule has 2 aromatic carbocycles. The molecule has 230 valence electrons. The van der Waals surface area contributed by atoms with E-state index < -0.39 is 23.5 Å². The number of anilines is 1. The van der Waals surface area contributed by atoms with Crippen molar-refractivity contribution in [2.45, 2.75) is 53.2 Å². The van der Waals surface area contributed by atoms with Gasteiger partial charge in [0.1, 0.15) is 12.1 Å². The van der Waals surface area contributed by atoms with Crippen molar-refractivity contribution in [2.75, 3.05) is 38.2 Å². The van der Waals surface area contributed by atoms with Gasteiger partial charge in [0.25, 0.3) is 5.91 Å². The number of nitrogens with two attached hydrogens (primary N) is 1. The van der Waals surface area contributed by atoms with Gasteiger partial charge in [-0.3, -0.25) is 14.5 Å².